The van der Waals surface area contributed by atoms with Crippen LogP contribution in [0, 0.1) is 6.92 Å². The van der Waals surface area contributed by atoms with Gasteiger partial charge in [0.15, 0.2) is 0 Å². The minimum Gasteiger partial charge on any atom is -0.344 e. The van der Waals surface area contributed by atoms with Gasteiger partial charge in [-0.2, -0.15) is 6.42 Å². The molecule has 0 aliphatic rings. The summed E-state index contributed by atoms with van der Waals surface area (Å²) < 4.78 is 0. The van der Waals surface area contributed by atoms with Gasteiger partial charge in [0.1, 0.15) is 0 Å². The molecule has 0 aromatic heterocycles. The second kappa shape index (κ2) is 22.8. The van der Waals surface area contributed by atoms with Crippen LogP contribution in [0.4, 0.5) is 0 Å². The van der Waals surface area contributed by atoms with Crippen molar-refractivity contribution in [2.75, 3.05) is 0 Å². The van der Waals surface area contributed by atoms with E-state index in [4.69, 9.17) is 0 Å². The van der Waals surface area contributed by atoms with E-state index in [2.05, 4.69) is 6.92 Å². The average Bonchev–Trinajstić information content (AvgIpc) is 0.918. The zero-order valence-corrected chi connectivity index (χ0v) is 4.84. The molecule has 0 saturated heterocycles. The van der Waals surface area contributed by atoms with Gasteiger partial charge in [0.05, 0.1) is 0 Å². The Hall–Kier alpha value is 0.649. The van der Waals surface area contributed by atoms with Crippen molar-refractivity contribution < 1.29 is 18.6 Å². The van der Waals surface area contributed by atoms with Crippen molar-refractivity contribution in [3.05, 3.63) is 6.92 Å². The van der Waals surface area contributed by atoms with E-state index >= 15 is 0 Å². The topological polar surface area (TPSA) is 0 Å². The van der Waals surface area contributed by atoms with Gasteiger partial charge in [-0.3, -0.25) is 0 Å². The van der Waals surface area contributed by atoms with E-state index in [1.54, 1.807) is 0 Å². The predicted octanol–water partition coefficient (Wildman–Crippen LogP) is 0.847. The van der Waals surface area contributed by atoms with Gasteiger partial charge >= 0.3 is 0 Å². The Balaban J connectivity index is -0.0000000200. The van der Waals surface area contributed by atoms with Gasteiger partial charge in [-0.15, -0.1) is 0 Å². The van der Waals surface area contributed by atoms with Crippen LogP contribution >= 0.6 is 0 Å². The largest absolute Gasteiger partial charge is 0.344 e. The molecule has 0 atom stereocenters. The quantitative estimate of drug-likeness (QED) is 0.316. The Morgan fingerprint density at radius 1 is 1.60 bits per heavy atom. The van der Waals surface area contributed by atoms with Crippen molar-refractivity contribution in [3.8, 4) is 0 Å². The van der Waals surface area contributed by atoms with Crippen LogP contribution in [0.5, 0.6) is 0 Å². The third kappa shape index (κ3) is 77.4. The molecule has 0 aliphatic carbocycles. The molecule has 0 aliphatic heterocycles. The second-order valence-electron chi connectivity index (χ2n) is 0.500. The number of rotatable bonds is 0. The van der Waals surface area contributed by atoms with Crippen molar-refractivity contribution in [2.45, 2.75) is 13.3 Å². The zero-order chi connectivity index (χ0) is 2.71. The van der Waals surface area contributed by atoms with Gasteiger partial charge in [-0.1, -0.05) is 6.92 Å². The monoisotopic (exact) mass is 105 g/mol. The Morgan fingerprint density at radius 2 is 1.60 bits per heavy atom. The van der Waals surface area contributed by atoms with Crippen LogP contribution in [0.2, 0.25) is 0 Å². The SMILES string of the molecule is [B].[CH2-]CC.[V]. The number of hydrogen-bond donors (Lipinski definition) is 0. The molecule has 0 nitrogen and oxygen atoms in total. The zero-order valence-electron chi connectivity index (χ0n) is 3.44. The smallest absolute Gasteiger partial charge is 0 e. The van der Waals surface area contributed by atoms with E-state index in [9.17, 15) is 0 Å². The maximum atomic E-state index is 3.49. The summed E-state index contributed by atoms with van der Waals surface area (Å²) in [6.45, 7) is 5.50. The minimum absolute atomic E-state index is 0. The Kier molecular flexibility index (Phi) is 79.2. The molecule has 2 heteroatoms. The molecule has 28 valence electrons. The molecule has 0 N–H and O–H groups in total. The molecule has 0 heterocycles. The van der Waals surface area contributed by atoms with E-state index in [0.717, 1.165) is 6.42 Å². The fraction of sp³-hybridized carbons (Fsp3) is 0.667. The van der Waals surface area contributed by atoms with E-state index in [1.807, 2.05) is 6.92 Å². The predicted molar refractivity (Wildman–Crippen MR) is 21.4 cm³/mol. The molecule has 4 radical (unpaired) electrons. The maximum absolute atomic E-state index is 3.49. The van der Waals surface area contributed by atoms with Crippen molar-refractivity contribution in [2.24, 2.45) is 0 Å². The summed E-state index contributed by atoms with van der Waals surface area (Å²) in [7, 11) is 0. The molecule has 0 aromatic carbocycles. The van der Waals surface area contributed by atoms with E-state index in [0.29, 0.717) is 0 Å². The summed E-state index contributed by atoms with van der Waals surface area (Å²) in [5.74, 6) is 0. The van der Waals surface area contributed by atoms with Gasteiger partial charge in [-0.05, 0) is 0 Å². The van der Waals surface area contributed by atoms with Crippen molar-refractivity contribution in [1.82, 2.24) is 0 Å². The Labute approximate surface area is 47.8 Å². The van der Waals surface area contributed by atoms with Gasteiger partial charge in [-0.25, -0.2) is 0 Å². The first-order chi connectivity index (χ1) is 1.41. The van der Waals surface area contributed by atoms with E-state index in [-0.39, 0.29) is 27.0 Å². The Bertz CT molecular complexity index is 6.85. The number of hydrogen-bond acceptors (Lipinski definition) is 0. The summed E-state index contributed by atoms with van der Waals surface area (Å²) in [4.78, 5) is 0. The second-order valence-corrected chi connectivity index (χ2v) is 0.500. The molecule has 0 aromatic rings. The van der Waals surface area contributed by atoms with Crippen molar-refractivity contribution >= 4 is 8.41 Å². The first-order valence-electron chi connectivity index (χ1n) is 1.21. The summed E-state index contributed by atoms with van der Waals surface area (Å²) in [5.41, 5.74) is 0. The van der Waals surface area contributed by atoms with Crippen molar-refractivity contribution in [3.63, 3.8) is 0 Å². The van der Waals surface area contributed by atoms with E-state index < -0.39 is 0 Å². The molecule has 0 saturated carbocycles. The standard InChI is InChI=1S/C3H7.B.V/c1-3-2;;/h1,3H2,2H3;;/q-1;;. The molecular weight excluding hydrogens is 97.8 g/mol. The van der Waals surface area contributed by atoms with E-state index in [1.165, 1.54) is 0 Å². The Morgan fingerprint density at radius 3 is 1.60 bits per heavy atom. The summed E-state index contributed by atoms with van der Waals surface area (Å²) in [5, 5.41) is 0. The molecule has 0 rings (SSSR count). The molecule has 5 heavy (non-hydrogen) atoms. The van der Waals surface area contributed by atoms with Crippen LogP contribution in [0.3, 0.4) is 0 Å². The fourth-order valence-electron chi connectivity index (χ4n) is 0. The first kappa shape index (κ1) is 17.4. The van der Waals surface area contributed by atoms with Crippen LogP contribution in [0.25, 0.3) is 0 Å². The molecule has 0 fully saturated rings. The molecular formula is C3H7BV-. The van der Waals surface area contributed by atoms with Gasteiger partial charge in [0.25, 0.3) is 0 Å². The first-order valence-corrected chi connectivity index (χ1v) is 1.21. The fourth-order valence-corrected chi connectivity index (χ4v) is 0. The van der Waals surface area contributed by atoms with Crippen LogP contribution in [-0.2, 0) is 18.6 Å². The summed E-state index contributed by atoms with van der Waals surface area (Å²) in [6, 6.07) is 0. The molecule has 0 bridgehead atoms. The normalized spacial score (nSPS) is 3.60. The summed E-state index contributed by atoms with van der Waals surface area (Å²) in [6.07, 6.45) is 1.00. The molecule has 0 amide bonds. The van der Waals surface area contributed by atoms with Gasteiger partial charge in [0.2, 0.25) is 0 Å². The van der Waals surface area contributed by atoms with Crippen LogP contribution in [0.15, 0.2) is 0 Å². The van der Waals surface area contributed by atoms with Gasteiger partial charge < -0.3 is 6.92 Å². The minimum atomic E-state index is 0. The van der Waals surface area contributed by atoms with Crippen molar-refractivity contribution in [1.29, 1.82) is 0 Å². The van der Waals surface area contributed by atoms with Crippen LogP contribution in [-0.4, -0.2) is 8.41 Å². The maximum Gasteiger partial charge on any atom is 0 e. The third-order valence-electron chi connectivity index (χ3n) is 0. The average molecular weight is 105 g/mol. The molecule has 0 unspecified atom stereocenters. The third-order valence-corrected chi connectivity index (χ3v) is 0. The van der Waals surface area contributed by atoms with Crippen LogP contribution < -0.4 is 0 Å². The summed E-state index contributed by atoms with van der Waals surface area (Å²) >= 11 is 0. The van der Waals surface area contributed by atoms with Crippen LogP contribution in [0.1, 0.15) is 13.3 Å². The van der Waals surface area contributed by atoms with Gasteiger partial charge in [0, 0.05) is 27.0 Å². The molecule has 0 spiro atoms.